The molecule has 0 amide bonds. The van der Waals surface area contributed by atoms with Crippen LogP contribution in [0.3, 0.4) is 0 Å². The van der Waals surface area contributed by atoms with E-state index < -0.39 is 0 Å². The second-order valence-corrected chi connectivity index (χ2v) is 5.50. The highest BCUT2D eigenvalue weighted by atomic mass is 32.1. The van der Waals surface area contributed by atoms with Gasteiger partial charge in [0.1, 0.15) is 0 Å². The molecule has 2 heterocycles. The topological polar surface area (TPSA) is 38.5 Å². The van der Waals surface area contributed by atoms with Crippen molar-refractivity contribution in [3.8, 4) is 0 Å². The summed E-state index contributed by atoms with van der Waals surface area (Å²) in [6, 6.07) is 4.66. The summed E-state index contributed by atoms with van der Waals surface area (Å²) in [5, 5.41) is 2.13. The fourth-order valence-electron chi connectivity index (χ4n) is 2.38. The second-order valence-electron chi connectivity index (χ2n) is 4.52. The van der Waals surface area contributed by atoms with Gasteiger partial charge in [-0.2, -0.15) is 0 Å². The summed E-state index contributed by atoms with van der Waals surface area (Å²) < 4.78 is 5.82. The molecule has 3 nitrogen and oxygen atoms in total. The quantitative estimate of drug-likeness (QED) is 0.895. The molecule has 1 saturated heterocycles. The first-order valence-electron chi connectivity index (χ1n) is 6.44. The molecule has 2 unspecified atom stereocenters. The van der Waals surface area contributed by atoms with Crippen LogP contribution in [0.5, 0.6) is 0 Å². The Morgan fingerprint density at radius 3 is 3.18 bits per heavy atom. The minimum atomic E-state index is 0.366. The SMILES string of the molecule is CCC1CN(C(CN)c2cccs2)CCCO1. The predicted octanol–water partition coefficient (Wildman–Crippen LogP) is 2.25. The van der Waals surface area contributed by atoms with Crippen LogP contribution in [0.1, 0.15) is 30.7 Å². The number of hydrogen-bond donors (Lipinski definition) is 1. The molecule has 0 spiro atoms. The average molecular weight is 254 g/mol. The Kier molecular flexibility index (Phi) is 4.98. The van der Waals surface area contributed by atoms with Gasteiger partial charge in [0.05, 0.1) is 12.1 Å². The summed E-state index contributed by atoms with van der Waals surface area (Å²) in [5.74, 6) is 0. The molecule has 1 aliphatic heterocycles. The molecule has 2 N–H and O–H groups in total. The van der Waals surface area contributed by atoms with Crippen LogP contribution in [0.4, 0.5) is 0 Å². The van der Waals surface area contributed by atoms with Crippen LogP contribution < -0.4 is 5.73 Å². The smallest absolute Gasteiger partial charge is 0.0699 e. The van der Waals surface area contributed by atoms with E-state index in [2.05, 4.69) is 29.3 Å². The maximum Gasteiger partial charge on any atom is 0.0699 e. The van der Waals surface area contributed by atoms with Crippen LogP contribution in [0.2, 0.25) is 0 Å². The maximum atomic E-state index is 5.96. The maximum absolute atomic E-state index is 5.96. The molecule has 4 heteroatoms. The molecule has 0 aliphatic carbocycles. The third-order valence-electron chi connectivity index (χ3n) is 3.37. The summed E-state index contributed by atoms with van der Waals surface area (Å²) in [5.41, 5.74) is 5.96. The van der Waals surface area contributed by atoms with Gasteiger partial charge in [-0.25, -0.2) is 0 Å². The fourth-order valence-corrected chi connectivity index (χ4v) is 3.25. The number of hydrogen-bond acceptors (Lipinski definition) is 4. The van der Waals surface area contributed by atoms with E-state index in [4.69, 9.17) is 10.5 Å². The van der Waals surface area contributed by atoms with E-state index in [1.807, 2.05) is 0 Å². The van der Waals surface area contributed by atoms with E-state index in [-0.39, 0.29) is 0 Å². The highest BCUT2D eigenvalue weighted by molar-refractivity contribution is 7.10. The lowest BCUT2D eigenvalue weighted by atomic mass is 10.1. The van der Waals surface area contributed by atoms with Crippen LogP contribution in [-0.2, 0) is 4.74 Å². The van der Waals surface area contributed by atoms with Gasteiger partial charge in [-0.1, -0.05) is 13.0 Å². The summed E-state index contributed by atoms with van der Waals surface area (Å²) in [7, 11) is 0. The van der Waals surface area contributed by atoms with Gasteiger partial charge in [-0.05, 0) is 24.3 Å². The minimum absolute atomic E-state index is 0.366. The summed E-state index contributed by atoms with van der Waals surface area (Å²) in [6.07, 6.45) is 2.56. The Morgan fingerprint density at radius 2 is 2.53 bits per heavy atom. The van der Waals surface area contributed by atoms with Crippen molar-refractivity contribution in [2.24, 2.45) is 5.73 Å². The standard InChI is InChI=1S/C13H22N2OS/c1-2-11-10-15(6-4-7-16-11)12(9-14)13-5-3-8-17-13/h3,5,8,11-12H,2,4,6-7,9-10,14H2,1H3. The van der Waals surface area contributed by atoms with E-state index in [0.717, 1.165) is 32.5 Å². The molecule has 0 saturated carbocycles. The average Bonchev–Trinajstić information content (AvgIpc) is 2.76. The van der Waals surface area contributed by atoms with Crippen molar-refractivity contribution in [3.05, 3.63) is 22.4 Å². The molecule has 17 heavy (non-hydrogen) atoms. The zero-order valence-electron chi connectivity index (χ0n) is 10.5. The van der Waals surface area contributed by atoms with Crippen molar-refractivity contribution in [3.63, 3.8) is 0 Å². The molecule has 0 bridgehead atoms. The van der Waals surface area contributed by atoms with Crippen LogP contribution >= 0.6 is 11.3 Å². The summed E-state index contributed by atoms with van der Waals surface area (Å²) in [4.78, 5) is 3.87. The highest BCUT2D eigenvalue weighted by Crippen LogP contribution is 2.26. The Morgan fingerprint density at radius 1 is 1.65 bits per heavy atom. The first-order valence-corrected chi connectivity index (χ1v) is 7.32. The number of thiophene rings is 1. The largest absolute Gasteiger partial charge is 0.377 e. The van der Waals surface area contributed by atoms with Crippen molar-refractivity contribution in [2.45, 2.75) is 31.9 Å². The van der Waals surface area contributed by atoms with E-state index >= 15 is 0 Å². The summed E-state index contributed by atoms with van der Waals surface area (Å²) in [6.45, 7) is 5.87. The fraction of sp³-hybridized carbons (Fsp3) is 0.692. The van der Waals surface area contributed by atoms with Gasteiger partial charge in [0, 0.05) is 31.1 Å². The van der Waals surface area contributed by atoms with E-state index in [9.17, 15) is 0 Å². The van der Waals surface area contributed by atoms with Crippen LogP contribution in [0, 0.1) is 0 Å². The van der Waals surface area contributed by atoms with Gasteiger partial charge >= 0.3 is 0 Å². The van der Waals surface area contributed by atoms with Crippen molar-refractivity contribution >= 4 is 11.3 Å². The zero-order valence-corrected chi connectivity index (χ0v) is 11.3. The predicted molar refractivity (Wildman–Crippen MR) is 72.3 cm³/mol. The third-order valence-corrected chi connectivity index (χ3v) is 4.35. The molecule has 1 aromatic heterocycles. The summed E-state index contributed by atoms with van der Waals surface area (Å²) >= 11 is 1.80. The minimum Gasteiger partial charge on any atom is -0.377 e. The van der Waals surface area contributed by atoms with Crippen LogP contribution in [0.15, 0.2) is 17.5 Å². The molecule has 2 atom stereocenters. The number of rotatable bonds is 4. The monoisotopic (exact) mass is 254 g/mol. The zero-order chi connectivity index (χ0) is 12.1. The van der Waals surface area contributed by atoms with Gasteiger partial charge in [0.25, 0.3) is 0 Å². The first-order chi connectivity index (χ1) is 8.35. The van der Waals surface area contributed by atoms with Gasteiger partial charge < -0.3 is 10.5 Å². The van der Waals surface area contributed by atoms with E-state index in [0.29, 0.717) is 18.7 Å². The van der Waals surface area contributed by atoms with Crippen molar-refractivity contribution in [1.29, 1.82) is 0 Å². The molecule has 2 rings (SSSR count). The van der Waals surface area contributed by atoms with Crippen LogP contribution in [-0.4, -0.2) is 37.2 Å². The van der Waals surface area contributed by atoms with Gasteiger partial charge in [0.2, 0.25) is 0 Å². The van der Waals surface area contributed by atoms with Gasteiger partial charge in [-0.3, -0.25) is 4.90 Å². The van der Waals surface area contributed by atoms with Crippen LogP contribution in [0.25, 0.3) is 0 Å². The Balaban J connectivity index is 2.07. The number of ether oxygens (including phenoxy) is 1. The van der Waals surface area contributed by atoms with Gasteiger partial charge in [-0.15, -0.1) is 11.3 Å². The highest BCUT2D eigenvalue weighted by Gasteiger charge is 2.24. The molecule has 0 aromatic carbocycles. The van der Waals surface area contributed by atoms with Crippen molar-refractivity contribution in [2.75, 3.05) is 26.2 Å². The first kappa shape index (κ1) is 13.0. The Hall–Kier alpha value is -0.420. The lowest BCUT2D eigenvalue weighted by Crippen LogP contribution is -2.38. The normalized spacial score (nSPS) is 24.5. The Labute approximate surface area is 108 Å². The number of nitrogens with zero attached hydrogens (tertiary/aromatic N) is 1. The van der Waals surface area contributed by atoms with E-state index in [1.165, 1.54) is 4.88 Å². The molecular formula is C13H22N2OS. The molecule has 1 aromatic rings. The second kappa shape index (κ2) is 6.50. The van der Waals surface area contributed by atoms with E-state index in [1.54, 1.807) is 11.3 Å². The molecule has 0 radical (unpaired) electrons. The molecule has 1 fully saturated rings. The molecular weight excluding hydrogens is 232 g/mol. The molecule has 96 valence electrons. The van der Waals surface area contributed by atoms with Crippen molar-refractivity contribution < 1.29 is 4.74 Å². The number of nitrogens with two attached hydrogens (primary N) is 1. The third kappa shape index (κ3) is 3.28. The van der Waals surface area contributed by atoms with Crippen molar-refractivity contribution in [1.82, 2.24) is 4.90 Å². The molecule has 1 aliphatic rings. The lowest BCUT2D eigenvalue weighted by molar-refractivity contribution is 0.0461. The lowest BCUT2D eigenvalue weighted by Gasteiger charge is -2.30. The van der Waals surface area contributed by atoms with Gasteiger partial charge in [0.15, 0.2) is 0 Å². The Bertz CT molecular complexity index is 315.